The van der Waals surface area contributed by atoms with Gasteiger partial charge in [0.1, 0.15) is 5.69 Å². The van der Waals surface area contributed by atoms with Crippen molar-refractivity contribution in [1.82, 2.24) is 14.8 Å². The molecule has 0 unspecified atom stereocenters. The number of aryl methyl sites for hydroxylation is 1. The number of halogens is 4. The Morgan fingerprint density at radius 3 is 2.59 bits per heavy atom. The summed E-state index contributed by atoms with van der Waals surface area (Å²) in [6.07, 6.45) is -3.16. The molecule has 0 radical (unpaired) electrons. The fraction of sp³-hybridized carbons (Fsp3) is 0.158. The van der Waals surface area contributed by atoms with Crippen LogP contribution in [0.15, 0.2) is 53.1 Å². The third-order valence-electron chi connectivity index (χ3n) is 4.23. The standard InChI is InChI=1S/C19H13ClF3N3O/c1-11-17-13(19(21,22)23)9-15(16-7-4-8-27-16)24-18(17)26(25-11)10-12-5-2-3-6-14(12)20/h2-9H,10H2,1H3. The maximum Gasteiger partial charge on any atom is 0.417 e. The van der Waals surface area contributed by atoms with Gasteiger partial charge >= 0.3 is 6.18 Å². The number of fused-ring (bicyclic) bond motifs is 1. The highest BCUT2D eigenvalue weighted by Gasteiger charge is 2.36. The zero-order valence-electron chi connectivity index (χ0n) is 14.1. The summed E-state index contributed by atoms with van der Waals surface area (Å²) in [6, 6.07) is 11.3. The van der Waals surface area contributed by atoms with Gasteiger partial charge in [0.05, 0.1) is 29.5 Å². The molecule has 4 aromatic rings. The molecule has 0 N–H and O–H groups in total. The maximum atomic E-state index is 13.7. The number of alkyl halides is 3. The van der Waals surface area contributed by atoms with E-state index in [1.807, 2.05) is 6.07 Å². The fourth-order valence-corrected chi connectivity index (χ4v) is 3.22. The average molecular weight is 392 g/mol. The van der Waals surface area contributed by atoms with Crippen molar-refractivity contribution in [1.29, 1.82) is 0 Å². The second-order valence-electron chi connectivity index (χ2n) is 6.06. The Morgan fingerprint density at radius 2 is 1.93 bits per heavy atom. The number of hydrogen-bond donors (Lipinski definition) is 0. The quantitative estimate of drug-likeness (QED) is 0.448. The van der Waals surface area contributed by atoms with Gasteiger partial charge < -0.3 is 4.42 Å². The Kier molecular flexibility index (Phi) is 4.19. The lowest BCUT2D eigenvalue weighted by molar-refractivity contribution is -0.136. The number of nitrogens with zero attached hydrogens (tertiary/aromatic N) is 3. The predicted molar refractivity (Wildman–Crippen MR) is 95.5 cm³/mol. The molecular formula is C19H13ClF3N3O. The van der Waals surface area contributed by atoms with E-state index in [1.165, 1.54) is 17.9 Å². The van der Waals surface area contributed by atoms with Gasteiger partial charge in [0.15, 0.2) is 11.4 Å². The summed E-state index contributed by atoms with van der Waals surface area (Å²) in [4.78, 5) is 4.40. The molecule has 3 heterocycles. The summed E-state index contributed by atoms with van der Waals surface area (Å²) in [5, 5.41) is 4.78. The monoisotopic (exact) mass is 391 g/mol. The molecule has 0 saturated carbocycles. The zero-order valence-corrected chi connectivity index (χ0v) is 14.8. The van der Waals surface area contributed by atoms with E-state index >= 15 is 0 Å². The summed E-state index contributed by atoms with van der Waals surface area (Å²) >= 11 is 6.19. The molecule has 4 rings (SSSR count). The summed E-state index contributed by atoms with van der Waals surface area (Å²) in [6.45, 7) is 1.74. The third kappa shape index (κ3) is 3.19. The largest absolute Gasteiger partial charge is 0.463 e. The summed E-state index contributed by atoms with van der Waals surface area (Å²) in [5.41, 5.74) is 0.431. The van der Waals surface area contributed by atoms with Crippen LogP contribution in [0.3, 0.4) is 0 Å². The smallest absolute Gasteiger partial charge is 0.417 e. The van der Waals surface area contributed by atoms with Crippen molar-refractivity contribution in [2.75, 3.05) is 0 Å². The Hall–Kier alpha value is -2.80. The first kappa shape index (κ1) is 17.6. The summed E-state index contributed by atoms with van der Waals surface area (Å²) < 4.78 is 47.8. The molecule has 0 saturated heterocycles. The molecule has 0 aliphatic heterocycles. The minimum Gasteiger partial charge on any atom is -0.463 e. The van der Waals surface area contributed by atoms with Crippen LogP contribution in [0.2, 0.25) is 5.02 Å². The van der Waals surface area contributed by atoms with E-state index in [2.05, 4.69) is 10.1 Å². The number of aromatic nitrogens is 3. The Balaban J connectivity index is 1.96. The molecule has 4 nitrogen and oxygen atoms in total. The topological polar surface area (TPSA) is 43.9 Å². The molecule has 0 amide bonds. The van der Waals surface area contributed by atoms with Crippen LogP contribution in [-0.2, 0) is 12.7 Å². The molecule has 27 heavy (non-hydrogen) atoms. The van der Waals surface area contributed by atoms with Crippen LogP contribution in [0.4, 0.5) is 13.2 Å². The highest BCUT2D eigenvalue weighted by molar-refractivity contribution is 6.31. The molecule has 1 aromatic carbocycles. The number of rotatable bonds is 3. The molecule has 0 aliphatic rings. The van der Waals surface area contributed by atoms with Crippen LogP contribution in [0.5, 0.6) is 0 Å². The lowest BCUT2D eigenvalue weighted by Gasteiger charge is -2.11. The van der Waals surface area contributed by atoms with Crippen LogP contribution in [-0.4, -0.2) is 14.8 Å². The first-order chi connectivity index (χ1) is 12.8. The van der Waals surface area contributed by atoms with Gasteiger partial charge in [-0.1, -0.05) is 29.8 Å². The van der Waals surface area contributed by atoms with Crippen LogP contribution in [0, 0.1) is 6.92 Å². The van der Waals surface area contributed by atoms with Crippen LogP contribution >= 0.6 is 11.6 Å². The maximum absolute atomic E-state index is 13.7. The van der Waals surface area contributed by atoms with Crippen molar-refractivity contribution in [3.05, 3.63) is 70.6 Å². The fourth-order valence-electron chi connectivity index (χ4n) is 3.03. The first-order valence-corrected chi connectivity index (χ1v) is 8.45. The first-order valence-electron chi connectivity index (χ1n) is 8.07. The van der Waals surface area contributed by atoms with Crippen molar-refractivity contribution in [2.45, 2.75) is 19.6 Å². The Bertz CT molecular complexity index is 1120. The highest BCUT2D eigenvalue weighted by atomic mass is 35.5. The van der Waals surface area contributed by atoms with E-state index in [0.717, 1.165) is 11.6 Å². The SMILES string of the molecule is Cc1nn(Cc2ccccc2Cl)c2nc(-c3ccco3)cc(C(F)(F)F)c12. The molecule has 0 atom stereocenters. The lowest BCUT2D eigenvalue weighted by atomic mass is 10.1. The van der Waals surface area contributed by atoms with E-state index in [-0.39, 0.29) is 34.7 Å². The molecule has 8 heteroatoms. The van der Waals surface area contributed by atoms with Crippen molar-refractivity contribution >= 4 is 22.6 Å². The van der Waals surface area contributed by atoms with E-state index in [1.54, 1.807) is 30.3 Å². The van der Waals surface area contributed by atoms with Gasteiger partial charge in [-0.25, -0.2) is 9.67 Å². The van der Waals surface area contributed by atoms with Gasteiger partial charge in [-0.05, 0) is 36.8 Å². The zero-order chi connectivity index (χ0) is 19.2. The van der Waals surface area contributed by atoms with Gasteiger partial charge in [0.25, 0.3) is 0 Å². The summed E-state index contributed by atoms with van der Waals surface area (Å²) in [7, 11) is 0. The normalized spacial score (nSPS) is 12.0. The molecule has 0 bridgehead atoms. The minimum absolute atomic E-state index is 0.0233. The average Bonchev–Trinajstić information content (AvgIpc) is 3.24. The van der Waals surface area contributed by atoms with E-state index in [4.69, 9.17) is 16.0 Å². The number of furan rings is 1. The molecule has 0 spiro atoms. The van der Waals surface area contributed by atoms with Gasteiger partial charge in [-0.3, -0.25) is 0 Å². The molecule has 0 aliphatic carbocycles. The minimum atomic E-state index is -4.55. The van der Waals surface area contributed by atoms with Crippen molar-refractivity contribution in [3.63, 3.8) is 0 Å². The molecule has 3 aromatic heterocycles. The summed E-state index contributed by atoms with van der Waals surface area (Å²) in [5.74, 6) is 0.255. The van der Waals surface area contributed by atoms with Gasteiger partial charge in [0.2, 0.25) is 0 Å². The molecule has 0 fully saturated rings. The second-order valence-corrected chi connectivity index (χ2v) is 6.47. The van der Waals surface area contributed by atoms with Crippen LogP contribution < -0.4 is 0 Å². The van der Waals surface area contributed by atoms with E-state index in [0.29, 0.717) is 5.02 Å². The Labute approximate surface area is 157 Å². The number of hydrogen-bond acceptors (Lipinski definition) is 3. The number of pyridine rings is 1. The van der Waals surface area contributed by atoms with E-state index in [9.17, 15) is 13.2 Å². The van der Waals surface area contributed by atoms with E-state index < -0.39 is 11.7 Å². The van der Waals surface area contributed by atoms with Crippen molar-refractivity contribution in [2.24, 2.45) is 0 Å². The van der Waals surface area contributed by atoms with Crippen molar-refractivity contribution < 1.29 is 17.6 Å². The molecular weight excluding hydrogens is 379 g/mol. The lowest BCUT2D eigenvalue weighted by Crippen LogP contribution is -2.08. The van der Waals surface area contributed by atoms with Gasteiger partial charge in [0, 0.05) is 5.02 Å². The van der Waals surface area contributed by atoms with Crippen LogP contribution in [0.1, 0.15) is 16.8 Å². The Morgan fingerprint density at radius 1 is 1.15 bits per heavy atom. The van der Waals surface area contributed by atoms with Crippen LogP contribution in [0.25, 0.3) is 22.5 Å². The molecule has 138 valence electrons. The van der Waals surface area contributed by atoms with Crippen molar-refractivity contribution in [3.8, 4) is 11.5 Å². The number of benzene rings is 1. The highest BCUT2D eigenvalue weighted by Crippen LogP contribution is 2.38. The van der Waals surface area contributed by atoms with Gasteiger partial charge in [-0.15, -0.1) is 0 Å². The van der Waals surface area contributed by atoms with Gasteiger partial charge in [-0.2, -0.15) is 18.3 Å². The third-order valence-corrected chi connectivity index (χ3v) is 4.60. The predicted octanol–water partition coefficient (Wildman–Crippen LogP) is 5.72. The second kappa shape index (κ2) is 6.42.